The fourth-order valence-electron chi connectivity index (χ4n) is 6.96. The number of unbranched alkanes of at least 4 members (excludes halogenated alkanes) is 27. The van der Waals surface area contributed by atoms with Crippen molar-refractivity contribution in [3.05, 3.63) is 36.5 Å². The normalized spacial score (nSPS) is 14.0. The highest BCUT2D eigenvalue weighted by Crippen LogP contribution is 2.43. The molecule has 0 aromatic rings. The molecule has 358 valence electrons. The zero-order valence-electron chi connectivity index (χ0n) is 39.1. The van der Waals surface area contributed by atoms with E-state index in [4.69, 9.17) is 18.5 Å². The molecule has 0 aromatic heterocycles. The van der Waals surface area contributed by atoms with Crippen molar-refractivity contribution in [2.24, 2.45) is 0 Å². The molecule has 0 aliphatic rings. The van der Waals surface area contributed by atoms with E-state index in [2.05, 4.69) is 50.3 Å². The predicted molar refractivity (Wildman–Crippen MR) is 251 cm³/mol. The standard InChI is InChI=1S/C50H93O10P/c1-3-5-7-9-11-13-15-17-19-21-23-25-27-29-31-33-35-37-39-41-49(53)59-47(43-51)45-57-61(55,56)58-46-48(44-52)60-50(54)42-40-38-36-34-32-30-28-26-24-22-20-18-16-14-12-10-8-6-4-2/h11,13,17-20,47-48,51-52H,3-10,12,14-16,21-46H2,1-2H3,(H,55,56)/b13-11-,19-17-,20-18-. The van der Waals surface area contributed by atoms with Crippen LogP contribution in [-0.4, -0.2) is 65.7 Å². The monoisotopic (exact) mass is 885 g/mol. The minimum atomic E-state index is -4.64. The maximum Gasteiger partial charge on any atom is 0.472 e. The smallest absolute Gasteiger partial charge is 0.457 e. The number of carbonyl (C=O) groups excluding carboxylic acids is 2. The van der Waals surface area contributed by atoms with Crippen LogP contribution in [0.4, 0.5) is 0 Å². The number of phosphoric ester groups is 1. The molecule has 10 nitrogen and oxygen atoms in total. The van der Waals surface area contributed by atoms with Crippen molar-refractivity contribution in [1.29, 1.82) is 0 Å². The Bertz CT molecular complexity index is 1110. The van der Waals surface area contributed by atoms with Gasteiger partial charge >= 0.3 is 19.8 Å². The van der Waals surface area contributed by atoms with Crippen molar-refractivity contribution in [3.8, 4) is 0 Å². The maximum absolute atomic E-state index is 12.4. The Morgan fingerprint density at radius 3 is 1.07 bits per heavy atom. The molecule has 0 heterocycles. The summed E-state index contributed by atoms with van der Waals surface area (Å²) in [5.74, 6) is -1.02. The van der Waals surface area contributed by atoms with E-state index in [9.17, 15) is 29.3 Å². The van der Waals surface area contributed by atoms with Crippen molar-refractivity contribution in [1.82, 2.24) is 0 Å². The molecule has 0 radical (unpaired) electrons. The average Bonchev–Trinajstić information content (AvgIpc) is 3.25. The molecule has 0 aliphatic carbocycles. The molecule has 0 fully saturated rings. The number of esters is 2. The van der Waals surface area contributed by atoms with E-state index >= 15 is 0 Å². The Hall–Kier alpha value is -1.81. The molecule has 3 N–H and O–H groups in total. The summed E-state index contributed by atoms with van der Waals surface area (Å²) in [5, 5.41) is 19.2. The summed E-state index contributed by atoms with van der Waals surface area (Å²) in [7, 11) is -4.64. The molecule has 0 spiro atoms. The Balaban J connectivity index is 3.85. The number of phosphoric acid groups is 1. The van der Waals surface area contributed by atoms with Crippen LogP contribution in [0.15, 0.2) is 36.5 Å². The highest BCUT2D eigenvalue weighted by Gasteiger charge is 2.27. The fraction of sp³-hybridized carbons (Fsp3) is 0.840. The molecule has 0 amide bonds. The van der Waals surface area contributed by atoms with Crippen molar-refractivity contribution in [3.63, 3.8) is 0 Å². The minimum absolute atomic E-state index is 0.188. The number of hydrogen-bond donors (Lipinski definition) is 3. The molecular formula is C50H93O10P. The zero-order chi connectivity index (χ0) is 44.8. The van der Waals surface area contributed by atoms with Crippen LogP contribution in [0.25, 0.3) is 0 Å². The van der Waals surface area contributed by atoms with Crippen LogP contribution in [0.2, 0.25) is 0 Å². The molecule has 0 saturated heterocycles. The summed E-state index contributed by atoms with van der Waals surface area (Å²) in [6.07, 6.45) is 49.7. The van der Waals surface area contributed by atoms with Gasteiger partial charge in [-0.1, -0.05) is 185 Å². The van der Waals surface area contributed by atoms with E-state index in [1.165, 1.54) is 141 Å². The fourth-order valence-corrected chi connectivity index (χ4v) is 7.75. The van der Waals surface area contributed by atoms with Gasteiger partial charge in [0.2, 0.25) is 0 Å². The Labute approximate surface area is 373 Å². The maximum atomic E-state index is 12.4. The van der Waals surface area contributed by atoms with Crippen molar-refractivity contribution < 1.29 is 47.8 Å². The van der Waals surface area contributed by atoms with E-state index in [-0.39, 0.29) is 12.8 Å². The first-order chi connectivity index (χ1) is 29.8. The Morgan fingerprint density at radius 1 is 0.443 bits per heavy atom. The van der Waals surface area contributed by atoms with E-state index in [1.807, 2.05) is 0 Å². The number of aliphatic hydroxyl groups excluding tert-OH is 2. The van der Waals surface area contributed by atoms with Gasteiger partial charge in [0, 0.05) is 12.8 Å². The topological polar surface area (TPSA) is 149 Å². The molecule has 3 atom stereocenters. The average molecular weight is 885 g/mol. The summed E-state index contributed by atoms with van der Waals surface area (Å²) in [4.78, 5) is 34.7. The van der Waals surface area contributed by atoms with Gasteiger partial charge in [0.1, 0.15) is 12.2 Å². The molecular weight excluding hydrogens is 792 g/mol. The lowest BCUT2D eigenvalue weighted by molar-refractivity contribution is -0.153. The van der Waals surface area contributed by atoms with Crippen molar-refractivity contribution in [2.75, 3.05) is 26.4 Å². The lowest BCUT2D eigenvalue weighted by Gasteiger charge is -2.20. The van der Waals surface area contributed by atoms with Gasteiger partial charge in [-0.25, -0.2) is 4.57 Å². The van der Waals surface area contributed by atoms with Crippen LogP contribution < -0.4 is 0 Å². The van der Waals surface area contributed by atoms with Gasteiger partial charge in [0.25, 0.3) is 0 Å². The van der Waals surface area contributed by atoms with Crippen molar-refractivity contribution >= 4 is 19.8 Å². The van der Waals surface area contributed by atoms with E-state index in [0.717, 1.165) is 51.4 Å². The minimum Gasteiger partial charge on any atom is -0.457 e. The highest BCUT2D eigenvalue weighted by atomic mass is 31.2. The van der Waals surface area contributed by atoms with Crippen LogP contribution in [0, 0.1) is 0 Å². The van der Waals surface area contributed by atoms with Gasteiger partial charge in [0.05, 0.1) is 26.4 Å². The second kappa shape index (κ2) is 46.2. The summed E-state index contributed by atoms with van der Waals surface area (Å²) >= 11 is 0. The summed E-state index contributed by atoms with van der Waals surface area (Å²) in [5.41, 5.74) is 0. The van der Waals surface area contributed by atoms with Gasteiger partial charge in [-0.3, -0.25) is 18.6 Å². The summed E-state index contributed by atoms with van der Waals surface area (Å²) in [6, 6.07) is 0. The molecule has 0 aromatic carbocycles. The lowest BCUT2D eigenvalue weighted by Crippen LogP contribution is -2.28. The SMILES string of the molecule is CCCCC/C=C\C/C=C\CCCCCCCCCCCC(=O)OC(CO)COP(=O)(O)OCC(CO)OC(=O)CCCCCCCCCCC/C=C\CCCCCCCC. The van der Waals surface area contributed by atoms with E-state index in [0.29, 0.717) is 12.8 Å². The molecule has 3 unspecified atom stereocenters. The first kappa shape index (κ1) is 59.2. The number of rotatable bonds is 47. The third-order valence-corrected chi connectivity index (χ3v) is 11.8. The number of ether oxygens (including phenoxy) is 2. The second-order valence-corrected chi connectivity index (χ2v) is 18.2. The quantitative estimate of drug-likeness (QED) is 0.0233. The number of allylic oxidation sites excluding steroid dienone is 6. The molecule has 61 heavy (non-hydrogen) atoms. The number of aliphatic hydroxyl groups is 2. The summed E-state index contributed by atoms with van der Waals surface area (Å²) < 4.78 is 32.7. The highest BCUT2D eigenvalue weighted by molar-refractivity contribution is 7.47. The second-order valence-electron chi connectivity index (χ2n) is 16.8. The Morgan fingerprint density at radius 2 is 0.721 bits per heavy atom. The van der Waals surface area contributed by atoms with Crippen LogP contribution in [0.3, 0.4) is 0 Å². The lowest BCUT2D eigenvalue weighted by atomic mass is 10.1. The van der Waals surface area contributed by atoms with Crippen LogP contribution in [-0.2, 0) is 32.7 Å². The molecule has 0 bridgehead atoms. The number of carbonyl (C=O) groups is 2. The number of hydrogen-bond acceptors (Lipinski definition) is 9. The Kier molecular flexibility index (Phi) is 44.8. The van der Waals surface area contributed by atoms with Gasteiger partial charge < -0.3 is 24.6 Å². The first-order valence-corrected chi connectivity index (χ1v) is 26.4. The third-order valence-electron chi connectivity index (χ3n) is 10.8. The van der Waals surface area contributed by atoms with Crippen LogP contribution >= 0.6 is 7.82 Å². The van der Waals surface area contributed by atoms with Crippen LogP contribution in [0.1, 0.15) is 232 Å². The summed E-state index contributed by atoms with van der Waals surface area (Å²) in [6.45, 7) is 2.21. The zero-order valence-corrected chi connectivity index (χ0v) is 40.0. The van der Waals surface area contributed by atoms with Crippen molar-refractivity contribution in [2.45, 2.75) is 244 Å². The first-order valence-electron chi connectivity index (χ1n) is 24.9. The van der Waals surface area contributed by atoms with Gasteiger partial charge in [-0.2, -0.15) is 0 Å². The molecule has 0 saturated carbocycles. The molecule has 0 aliphatic heterocycles. The van der Waals surface area contributed by atoms with Gasteiger partial charge in [0.15, 0.2) is 0 Å². The van der Waals surface area contributed by atoms with E-state index < -0.39 is 58.4 Å². The van der Waals surface area contributed by atoms with E-state index in [1.54, 1.807) is 0 Å². The molecule has 0 rings (SSSR count). The van der Waals surface area contributed by atoms with Crippen LogP contribution in [0.5, 0.6) is 0 Å². The molecule has 11 heteroatoms. The predicted octanol–water partition coefficient (Wildman–Crippen LogP) is 13.9. The largest absolute Gasteiger partial charge is 0.472 e. The van der Waals surface area contributed by atoms with Gasteiger partial charge in [-0.05, 0) is 70.6 Å². The van der Waals surface area contributed by atoms with Gasteiger partial charge in [-0.15, -0.1) is 0 Å². The third kappa shape index (κ3) is 44.6.